The van der Waals surface area contributed by atoms with Gasteiger partial charge in [-0.2, -0.15) is 4.98 Å². The van der Waals surface area contributed by atoms with Crippen molar-refractivity contribution in [2.45, 2.75) is 18.9 Å². The molecule has 31 heavy (non-hydrogen) atoms. The van der Waals surface area contributed by atoms with E-state index >= 15 is 0 Å². The lowest BCUT2D eigenvalue weighted by Crippen LogP contribution is -2.51. The molecule has 3 aromatic rings. The molecule has 0 spiro atoms. The van der Waals surface area contributed by atoms with Crippen molar-refractivity contribution in [1.29, 1.82) is 0 Å². The normalized spacial score (nSPS) is 17.7. The molecule has 0 radical (unpaired) electrons. The first-order valence-corrected chi connectivity index (χ1v) is 10.7. The molecule has 7 nitrogen and oxygen atoms in total. The monoisotopic (exact) mass is 418 g/mol. The summed E-state index contributed by atoms with van der Waals surface area (Å²) < 4.78 is 16.7. The molecular formula is C24H26N4O3. The molecule has 0 N–H and O–H groups in total. The Labute approximate surface area is 181 Å². The first kappa shape index (κ1) is 19.6. The summed E-state index contributed by atoms with van der Waals surface area (Å²) in [6, 6.07) is 21.5. The van der Waals surface area contributed by atoms with Gasteiger partial charge < -0.3 is 18.9 Å². The fraction of sp³-hybridized carbons (Fsp3) is 0.333. The molecule has 0 amide bonds. The van der Waals surface area contributed by atoms with Crippen LogP contribution in [0.5, 0.6) is 0 Å². The Bertz CT molecular complexity index is 998. The van der Waals surface area contributed by atoms with E-state index in [2.05, 4.69) is 56.3 Å². The van der Waals surface area contributed by atoms with Crippen LogP contribution in [-0.4, -0.2) is 54.1 Å². The van der Waals surface area contributed by atoms with Gasteiger partial charge in [0.1, 0.15) is 6.26 Å². The van der Waals surface area contributed by atoms with Gasteiger partial charge in [0.05, 0.1) is 6.04 Å². The molecule has 1 aromatic heterocycles. The predicted molar refractivity (Wildman–Crippen MR) is 116 cm³/mol. The summed E-state index contributed by atoms with van der Waals surface area (Å²) in [7, 11) is 0. The lowest BCUT2D eigenvalue weighted by atomic mass is 10.0. The molecule has 2 aliphatic rings. The molecule has 5 rings (SSSR count). The van der Waals surface area contributed by atoms with Gasteiger partial charge >= 0.3 is 6.01 Å². The fourth-order valence-corrected chi connectivity index (χ4v) is 4.12. The van der Waals surface area contributed by atoms with Crippen molar-refractivity contribution < 1.29 is 14.0 Å². The molecule has 0 aliphatic carbocycles. The Morgan fingerprint density at radius 3 is 2.26 bits per heavy atom. The summed E-state index contributed by atoms with van der Waals surface area (Å²) in [5, 5.41) is 4.17. The average Bonchev–Trinajstić information content (AvgIpc) is 3.52. The van der Waals surface area contributed by atoms with Gasteiger partial charge in [0, 0.05) is 32.6 Å². The molecule has 7 heteroatoms. The van der Waals surface area contributed by atoms with E-state index in [4.69, 9.17) is 14.0 Å². The van der Waals surface area contributed by atoms with Gasteiger partial charge in [-0.15, -0.1) is 0 Å². The second-order valence-corrected chi connectivity index (χ2v) is 7.83. The van der Waals surface area contributed by atoms with Crippen LogP contribution in [0.25, 0.3) is 0 Å². The number of ether oxygens (including phenoxy) is 2. The van der Waals surface area contributed by atoms with Gasteiger partial charge in [-0.05, 0) is 17.5 Å². The van der Waals surface area contributed by atoms with E-state index < -0.39 is 0 Å². The first-order valence-electron chi connectivity index (χ1n) is 10.7. The second-order valence-electron chi connectivity index (χ2n) is 7.83. The van der Waals surface area contributed by atoms with Crippen LogP contribution in [-0.2, 0) is 22.3 Å². The minimum atomic E-state index is 0.156. The van der Waals surface area contributed by atoms with Crippen molar-refractivity contribution in [2.24, 2.45) is 0 Å². The zero-order valence-corrected chi connectivity index (χ0v) is 17.4. The van der Waals surface area contributed by atoms with Crippen LogP contribution in [0.3, 0.4) is 0 Å². The van der Waals surface area contributed by atoms with Gasteiger partial charge in [0.25, 0.3) is 0 Å². The molecule has 1 fully saturated rings. The highest BCUT2D eigenvalue weighted by Crippen LogP contribution is 2.24. The van der Waals surface area contributed by atoms with Gasteiger partial charge in [0.15, 0.2) is 11.6 Å². The molecule has 0 saturated carbocycles. The maximum Gasteiger partial charge on any atom is 0.324 e. The van der Waals surface area contributed by atoms with Crippen molar-refractivity contribution in [3.8, 4) is 0 Å². The first-order chi connectivity index (χ1) is 15.3. The van der Waals surface area contributed by atoms with E-state index in [9.17, 15) is 0 Å². The predicted octanol–water partition coefficient (Wildman–Crippen LogP) is 3.24. The maximum absolute atomic E-state index is 5.75. The van der Waals surface area contributed by atoms with Gasteiger partial charge in [0.2, 0.25) is 6.79 Å². The van der Waals surface area contributed by atoms with E-state index in [0.717, 1.165) is 38.4 Å². The molecule has 0 bridgehead atoms. The number of hydrogen-bond acceptors (Lipinski definition) is 7. The lowest BCUT2D eigenvalue weighted by molar-refractivity contribution is 0.0578. The van der Waals surface area contributed by atoms with E-state index in [-0.39, 0.29) is 6.04 Å². The molecule has 1 saturated heterocycles. The average molecular weight is 418 g/mol. The zero-order chi connectivity index (χ0) is 20.9. The molecule has 1 atom stereocenters. The summed E-state index contributed by atoms with van der Waals surface area (Å²) >= 11 is 0. The van der Waals surface area contributed by atoms with Crippen LogP contribution in [0, 0.1) is 0 Å². The molecule has 1 unspecified atom stereocenters. The second kappa shape index (κ2) is 9.22. The Hall–Kier alpha value is -3.32. The van der Waals surface area contributed by atoms with E-state index in [1.165, 1.54) is 11.1 Å². The van der Waals surface area contributed by atoms with Gasteiger partial charge in [-0.1, -0.05) is 65.8 Å². The Balaban J connectivity index is 1.22. The van der Waals surface area contributed by atoms with Crippen molar-refractivity contribution in [3.05, 3.63) is 89.6 Å². The molecule has 160 valence electrons. The highest BCUT2D eigenvalue weighted by atomic mass is 16.7. The lowest BCUT2D eigenvalue weighted by Gasteiger charge is -2.38. The number of piperazine rings is 1. The Morgan fingerprint density at radius 1 is 0.871 bits per heavy atom. The minimum absolute atomic E-state index is 0.156. The van der Waals surface area contributed by atoms with Crippen LogP contribution in [0.2, 0.25) is 0 Å². The van der Waals surface area contributed by atoms with E-state index in [0.29, 0.717) is 25.1 Å². The number of hydrogen-bond donors (Lipinski definition) is 0. The van der Waals surface area contributed by atoms with Gasteiger partial charge in [-0.25, -0.2) is 0 Å². The van der Waals surface area contributed by atoms with Crippen molar-refractivity contribution in [3.63, 3.8) is 0 Å². The number of benzene rings is 2. The summed E-state index contributed by atoms with van der Waals surface area (Å²) in [6.07, 6.45) is 3.32. The van der Waals surface area contributed by atoms with Gasteiger partial charge in [-0.3, -0.25) is 4.90 Å². The molecule has 3 heterocycles. The SMILES string of the molecule is C1=C(C(Cc2ccccc2)N2CCN(c3nc(Cc4ccccc4)no3)CC2)OCO1. The standard InChI is InChI=1S/C24H26N4O3/c1-3-7-19(8-4-1)15-21(22-17-29-18-30-22)27-11-13-28(14-12-27)24-25-23(26-31-24)16-20-9-5-2-6-10-20/h1-10,17,21H,11-16,18H2. The van der Waals surface area contributed by atoms with E-state index in [1.807, 2.05) is 24.3 Å². The zero-order valence-electron chi connectivity index (χ0n) is 17.4. The number of aromatic nitrogens is 2. The van der Waals surface area contributed by atoms with E-state index in [1.54, 1.807) is 6.26 Å². The smallest absolute Gasteiger partial charge is 0.324 e. The summed E-state index contributed by atoms with van der Waals surface area (Å²) in [5.41, 5.74) is 2.46. The Morgan fingerprint density at radius 2 is 1.58 bits per heavy atom. The largest absolute Gasteiger partial charge is 0.462 e. The molecular weight excluding hydrogens is 392 g/mol. The highest BCUT2D eigenvalue weighted by molar-refractivity contribution is 5.28. The van der Waals surface area contributed by atoms with Crippen LogP contribution in [0.15, 0.2) is 77.2 Å². The molecule has 2 aliphatic heterocycles. The van der Waals surface area contributed by atoms with Crippen molar-refractivity contribution in [1.82, 2.24) is 15.0 Å². The quantitative estimate of drug-likeness (QED) is 0.584. The van der Waals surface area contributed by atoms with Crippen LogP contribution >= 0.6 is 0 Å². The van der Waals surface area contributed by atoms with Crippen LogP contribution in [0.1, 0.15) is 17.0 Å². The minimum Gasteiger partial charge on any atom is -0.462 e. The molecule has 2 aromatic carbocycles. The third kappa shape index (κ3) is 4.72. The van der Waals surface area contributed by atoms with Crippen molar-refractivity contribution in [2.75, 3.05) is 37.9 Å². The summed E-state index contributed by atoms with van der Waals surface area (Å²) in [5.74, 6) is 1.62. The Kier molecular flexibility index (Phi) is 5.84. The number of anilines is 1. The van der Waals surface area contributed by atoms with Crippen molar-refractivity contribution >= 4 is 6.01 Å². The third-order valence-electron chi connectivity index (χ3n) is 5.78. The summed E-state index contributed by atoms with van der Waals surface area (Å²) in [4.78, 5) is 9.23. The van der Waals surface area contributed by atoms with Crippen LogP contribution in [0.4, 0.5) is 6.01 Å². The third-order valence-corrected chi connectivity index (χ3v) is 5.78. The summed E-state index contributed by atoms with van der Waals surface area (Å²) in [6.45, 7) is 3.72. The fourth-order valence-electron chi connectivity index (χ4n) is 4.12. The topological polar surface area (TPSA) is 63.9 Å². The number of rotatable bonds is 7. The number of nitrogens with zero attached hydrogens (tertiary/aromatic N) is 4. The van der Waals surface area contributed by atoms with Crippen LogP contribution < -0.4 is 4.90 Å². The maximum atomic E-state index is 5.75. The highest BCUT2D eigenvalue weighted by Gasteiger charge is 2.31.